The Bertz CT molecular complexity index is 1250. The van der Waals surface area contributed by atoms with Crippen LogP contribution in [0.15, 0.2) is 34.7 Å². The summed E-state index contributed by atoms with van der Waals surface area (Å²) in [7, 11) is 0. The molecule has 0 spiro atoms. The van der Waals surface area contributed by atoms with Crippen LogP contribution in [0.3, 0.4) is 0 Å². The zero-order valence-electron chi connectivity index (χ0n) is 15.5. The molecule has 142 valence electrons. The smallest absolute Gasteiger partial charge is 0.263 e. The molecular formula is C19H17N5O2S2. The van der Waals surface area contributed by atoms with Crippen LogP contribution in [0.2, 0.25) is 0 Å². The van der Waals surface area contributed by atoms with E-state index in [0.29, 0.717) is 15.3 Å². The molecule has 3 heterocycles. The van der Waals surface area contributed by atoms with E-state index in [1.165, 1.54) is 39.1 Å². The highest BCUT2D eigenvalue weighted by Gasteiger charge is 2.15. The predicted octanol–water partition coefficient (Wildman–Crippen LogP) is 3.54. The number of nitrogens with zero attached hydrogens (tertiary/aromatic N) is 4. The van der Waals surface area contributed by atoms with Gasteiger partial charge >= 0.3 is 0 Å². The topological polar surface area (TPSA) is 89.8 Å². The Morgan fingerprint density at radius 1 is 1.18 bits per heavy atom. The van der Waals surface area contributed by atoms with E-state index in [1.807, 2.05) is 24.4 Å². The third kappa shape index (κ3) is 3.46. The fourth-order valence-corrected chi connectivity index (χ4v) is 4.38. The van der Waals surface area contributed by atoms with Crippen LogP contribution in [-0.2, 0) is 11.3 Å². The number of rotatable bonds is 4. The second-order valence-electron chi connectivity index (χ2n) is 6.48. The number of aryl methyl sites for hydroxylation is 3. The Morgan fingerprint density at radius 3 is 2.71 bits per heavy atom. The maximum absolute atomic E-state index is 13.1. The molecular weight excluding hydrogens is 394 g/mol. The number of hydrogen-bond acceptors (Lipinski definition) is 7. The van der Waals surface area contributed by atoms with Gasteiger partial charge in [0.15, 0.2) is 0 Å². The molecule has 9 heteroatoms. The first-order valence-electron chi connectivity index (χ1n) is 8.56. The average Bonchev–Trinajstić information content (AvgIpc) is 3.26. The number of benzene rings is 1. The van der Waals surface area contributed by atoms with Gasteiger partial charge in [0.2, 0.25) is 11.0 Å². The minimum atomic E-state index is -0.345. The van der Waals surface area contributed by atoms with Crippen molar-refractivity contribution in [2.45, 2.75) is 27.3 Å². The second kappa shape index (κ2) is 7.25. The molecule has 0 unspecified atom stereocenters. The Morgan fingerprint density at radius 2 is 2.00 bits per heavy atom. The minimum absolute atomic E-state index is 0.136. The van der Waals surface area contributed by atoms with Crippen LogP contribution in [0, 0.1) is 20.8 Å². The number of fused-ring (bicyclic) bond motifs is 1. The van der Waals surface area contributed by atoms with Crippen LogP contribution in [-0.4, -0.2) is 25.7 Å². The summed E-state index contributed by atoms with van der Waals surface area (Å²) in [6.45, 7) is 5.77. The van der Waals surface area contributed by atoms with Crippen molar-refractivity contribution in [3.05, 3.63) is 56.4 Å². The van der Waals surface area contributed by atoms with Crippen LogP contribution >= 0.6 is 22.7 Å². The number of nitrogens with one attached hydrogen (secondary N) is 1. The number of amides is 1. The maximum Gasteiger partial charge on any atom is 0.263 e. The summed E-state index contributed by atoms with van der Waals surface area (Å²) in [5.41, 5.74) is 3.94. The van der Waals surface area contributed by atoms with Gasteiger partial charge in [-0.05, 0) is 37.5 Å². The lowest BCUT2D eigenvalue weighted by Gasteiger charge is -2.07. The lowest BCUT2D eigenvalue weighted by molar-refractivity contribution is -0.116. The second-order valence-corrected chi connectivity index (χ2v) is 8.52. The van der Waals surface area contributed by atoms with Crippen molar-refractivity contribution in [2.75, 3.05) is 5.32 Å². The van der Waals surface area contributed by atoms with Gasteiger partial charge in [0.1, 0.15) is 16.4 Å². The Hall–Kier alpha value is -2.91. The number of aromatic nitrogens is 4. The Labute approximate surface area is 168 Å². The van der Waals surface area contributed by atoms with Gasteiger partial charge in [0.25, 0.3) is 5.56 Å². The van der Waals surface area contributed by atoms with Gasteiger partial charge in [-0.3, -0.25) is 19.5 Å². The molecule has 3 aromatic heterocycles. The molecule has 0 atom stereocenters. The first kappa shape index (κ1) is 18.5. The van der Waals surface area contributed by atoms with Gasteiger partial charge in [-0.15, -0.1) is 21.5 Å². The Balaban J connectivity index is 1.69. The molecule has 0 saturated carbocycles. The molecule has 7 nitrogen and oxygen atoms in total. The molecule has 4 aromatic rings. The van der Waals surface area contributed by atoms with E-state index < -0.39 is 0 Å². The molecule has 0 fully saturated rings. The molecule has 0 saturated heterocycles. The molecule has 0 radical (unpaired) electrons. The average molecular weight is 412 g/mol. The third-order valence-corrected chi connectivity index (χ3v) is 6.11. The molecule has 0 aliphatic heterocycles. The van der Waals surface area contributed by atoms with Gasteiger partial charge < -0.3 is 0 Å². The highest BCUT2D eigenvalue weighted by atomic mass is 32.1. The fourth-order valence-electron chi connectivity index (χ4n) is 2.86. The van der Waals surface area contributed by atoms with Crippen molar-refractivity contribution >= 4 is 43.9 Å². The van der Waals surface area contributed by atoms with Crippen LogP contribution < -0.4 is 10.9 Å². The molecule has 1 amide bonds. The van der Waals surface area contributed by atoms with Gasteiger partial charge in [-0.2, -0.15) is 0 Å². The van der Waals surface area contributed by atoms with Gasteiger partial charge in [0.05, 0.1) is 11.7 Å². The van der Waals surface area contributed by atoms with E-state index in [0.717, 1.165) is 21.7 Å². The number of thiophene rings is 1. The first-order valence-corrected chi connectivity index (χ1v) is 10.3. The van der Waals surface area contributed by atoms with Crippen molar-refractivity contribution < 1.29 is 4.79 Å². The summed E-state index contributed by atoms with van der Waals surface area (Å²) in [6, 6.07) is 6.11. The van der Waals surface area contributed by atoms with Crippen LogP contribution in [0.4, 0.5) is 5.13 Å². The fraction of sp³-hybridized carbons (Fsp3) is 0.211. The van der Waals surface area contributed by atoms with Crippen molar-refractivity contribution in [1.29, 1.82) is 0 Å². The highest BCUT2D eigenvalue weighted by Crippen LogP contribution is 2.31. The summed E-state index contributed by atoms with van der Waals surface area (Å²) in [5.74, 6) is -0.345. The third-order valence-electron chi connectivity index (χ3n) is 4.46. The van der Waals surface area contributed by atoms with E-state index in [1.54, 1.807) is 6.92 Å². The predicted molar refractivity (Wildman–Crippen MR) is 112 cm³/mol. The standard InChI is InChI=1S/C19H17N5O2S2/c1-10-4-5-13(6-11(10)2)14-8-27-17-16(14)18(26)24(9-20-17)7-15(25)21-19-23-22-12(3)28-19/h4-6,8-9H,7H2,1-3H3,(H,21,23,25). The monoisotopic (exact) mass is 411 g/mol. The zero-order valence-corrected chi connectivity index (χ0v) is 17.1. The van der Waals surface area contributed by atoms with Crippen LogP contribution in [0.5, 0.6) is 0 Å². The molecule has 0 bridgehead atoms. The van der Waals surface area contributed by atoms with E-state index in [2.05, 4.69) is 33.5 Å². The van der Waals surface area contributed by atoms with E-state index in [-0.39, 0.29) is 18.0 Å². The van der Waals surface area contributed by atoms with E-state index in [4.69, 9.17) is 0 Å². The van der Waals surface area contributed by atoms with Gasteiger partial charge in [0, 0.05) is 10.9 Å². The molecule has 4 rings (SSSR count). The molecule has 1 N–H and O–H groups in total. The number of anilines is 1. The summed E-state index contributed by atoms with van der Waals surface area (Å²) in [6.07, 6.45) is 1.41. The van der Waals surface area contributed by atoms with Crippen molar-refractivity contribution in [3.63, 3.8) is 0 Å². The van der Waals surface area contributed by atoms with Crippen LogP contribution in [0.25, 0.3) is 21.3 Å². The maximum atomic E-state index is 13.1. The molecule has 0 aliphatic carbocycles. The lowest BCUT2D eigenvalue weighted by Crippen LogP contribution is -2.27. The molecule has 0 aliphatic rings. The van der Waals surface area contributed by atoms with Gasteiger partial charge in [-0.1, -0.05) is 29.5 Å². The molecule has 1 aromatic carbocycles. The van der Waals surface area contributed by atoms with Crippen molar-refractivity contribution in [1.82, 2.24) is 19.7 Å². The van der Waals surface area contributed by atoms with E-state index >= 15 is 0 Å². The van der Waals surface area contributed by atoms with Crippen LogP contribution in [0.1, 0.15) is 16.1 Å². The SMILES string of the molecule is Cc1nnc(NC(=O)Cn2cnc3scc(-c4ccc(C)c(C)c4)c3c2=O)s1. The quantitative estimate of drug-likeness (QED) is 0.555. The number of hydrogen-bond donors (Lipinski definition) is 1. The normalized spacial score (nSPS) is 11.1. The number of carbonyl (C=O) groups is 1. The number of carbonyl (C=O) groups excluding carboxylic acids is 1. The summed E-state index contributed by atoms with van der Waals surface area (Å²) < 4.78 is 1.32. The largest absolute Gasteiger partial charge is 0.299 e. The summed E-state index contributed by atoms with van der Waals surface area (Å²) >= 11 is 2.71. The van der Waals surface area contributed by atoms with E-state index in [9.17, 15) is 9.59 Å². The van der Waals surface area contributed by atoms with Crippen molar-refractivity contribution in [2.24, 2.45) is 0 Å². The first-order chi connectivity index (χ1) is 13.4. The lowest BCUT2D eigenvalue weighted by atomic mass is 10.0. The highest BCUT2D eigenvalue weighted by molar-refractivity contribution is 7.17. The summed E-state index contributed by atoms with van der Waals surface area (Å²) in [4.78, 5) is 30.4. The minimum Gasteiger partial charge on any atom is -0.299 e. The van der Waals surface area contributed by atoms with Gasteiger partial charge in [-0.25, -0.2) is 4.98 Å². The zero-order chi connectivity index (χ0) is 19.8. The van der Waals surface area contributed by atoms with Crippen molar-refractivity contribution in [3.8, 4) is 11.1 Å². The summed E-state index contributed by atoms with van der Waals surface area (Å²) in [5, 5.41) is 14.0. The molecule has 28 heavy (non-hydrogen) atoms. The Kier molecular flexibility index (Phi) is 4.78.